The molecular weight excluding hydrogens is 748 g/mol. The average Bonchev–Trinajstić information content (AvgIpc) is 3.79. The number of aromatic nitrogens is 8. The minimum atomic E-state index is -4.28. The number of phosphoric ester groups is 1. The molecule has 10 atom stereocenters. The third kappa shape index (κ3) is 7.65. The zero-order valence-corrected chi connectivity index (χ0v) is 31.3. The number of phosphoric acid groups is 1. The molecule has 2 unspecified atom stereocenters. The van der Waals surface area contributed by atoms with Crippen molar-refractivity contribution in [3.05, 3.63) is 36.4 Å². The number of imidazole rings is 2. The topological polar surface area (TPSA) is 286 Å². The number of fused-ring (bicyclic) bond motifs is 4. The fourth-order valence-electron chi connectivity index (χ4n) is 6.24. The van der Waals surface area contributed by atoms with Crippen molar-refractivity contribution in [2.75, 3.05) is 24.7 Å². The quantitative estimate of drug-likeness (QED) is 0.185. The van der Waals surface area contributed by atoms with Gasteiger partial charge in [0.2, 0.25) is 0 Å². The van der Waals surface area contributed by atoms with Gasteiger partial charge in [-0.3, -0.25) is 18.1 Å². The predicted octanol–water partition coefficient (Wildman–Crippen LogP) is 2.14. The van der Waals surface area contributed by atoms with Gasteiger partial charge in [-0.25, -0.2) is 52.0 Å². The Hall–Kier alpha value is -3.34. The smallest absolute Gasteiger partial charge is 0.381 e. The number of alkyl halides is 2. The van der Waals surface area contributed by atoms with Gasteiger partial charge in [-0.05, 0) is 33.7 Å². The first kappa shape index (κ1) is 39.4. The molecule has 8 heterocycles. The molecule has 4 fully saturated rings. The monoisotopic (exact) mass is 790 g/mol. The zero-order chi connectivity index (χ0) is 38.7. The zero-order valence-electron chi connectivity index (χ0n) is 29.5. The highest BCUT2D eigenvalue weighted by atomic mass is 31.2. The van der Waals surface area contributed by atoms with Gasteiger partial charge in [0.1, 0.15) is 49.3 Å². The van der Waals surface area contributed by atoms with Crippen molar-refractivity contribution in [1.29, 1.82) is 0 Å². The van der Waals surface area contributed by atoms with Crippen LogP contribution in [0.4, 0.5) is 20.4 Å². The number of nitrogens with zero attached hydrogens (tertiary/aromatic N) is 8. The lowest BCUT2D eigenvalue weighted by Gasteiger charge is -2.35. The molecule has 0 radical (unpaired) electrons. The molecular formula is C28H42F2N12O9P2. The van der Waals surface area contributed by atoms with Crippen LogP contribution in [0.15, 0.2) is 25.0 Å². The van der Waals surface area contributed by atoms with E-state index in [1.54, 1.807) is 13.8 Å². The molecule has 4 saturated heterocycles. The van der Waals surface area contributed by atoms with E-state index in [1.807, 2.05) is 13.8 Å². The maximum absolute atomic E-state index is 15.7. The van der Waals surface area contributed by atoms with Gasteiger partial charge in [-0.15, -0.1) is 0 Å². The summed E-state index contributed by atoms with van der Waals surface area (Å²) in [4.78, 5) is 25.3. The Morgan fingerprint density at radius 2 is 1.26 bits per heavy atom. The Morgan fingerprint density at radius 1 is 0.830 bits per heavy atom. The van der Waals surface area contributed by atoms with E-state index in [9.17, 15) is 14.0 Å². The highest BCUT2D eigenvalue weighted by Gasteiger charge is 2.62. The number of hydrogen-bond acceptors (Lipinski definition) is 17. The van der Waals surface area contributed by atoms with Crippen molar-refractivity contribution >= 4 is 38.5 Å². The van der Waals surface area contributed by atoms with Crippen molar-refractivity contribution in [2.45, 2.75) is 102 Å². The van der Waals surface area contributed by atoms with Gasteiger partial charge in [0.15, 0.2) is 34.3 Å². The van der Waals surface area contributed by atoms with Crippen LogP contribution in [0.25, 0.3) is 11.3 Å². The van der Waals surface area contributed by atoms with Gasteiger partial charge in [0, 0.05) is 6.04 Å². The lowest BCUT2D eigenvalue weighted by atomic mass is 9.93. The highest BCUT2D eigenvalue weighted by molar-refractivity contribution is 7.51. The van der Waals surface area contributed by atoms with Crippen LogP contribution in [0.3, 0.4) is 0 Å². The molecule has 4 aromatic heterocycles. The normalized spacial score (nSPS) is 36.5. The maximum Gasteiger partial charge on any atom is 0.472 e. The molecule has 4 aromatic rings. The molecule has 0 saturated carbocycles. The molecule has 21 nitrogen and oxygen atoms in total. The van der Waals surface area contributed by atoms with Gasteiger partial charge in [0.25, 0.3) is 0 Å². The largest absolute Gasteiger partial charge is 0.472 e. The van der Waals surface area contributed by atoms with E-state index in [-0.39, 0.29) is 36.5 Å². The van der Waals surface area contributed by atoms with Crippen LogP contribution < -0.4 is 22.3 Å². The maximum atomic E-state index is 15.7. The molecule has 0 bridgehead atoms. The molecule has 0 spiro atoms. The Balaban J connectivity index is 0.000000166. The van der Waals surface area contributed by atoms with Gasteiger partial charge >= 0.3 is 15.6 Å². The first-order chi connectivity index (χ1) is 24.7. The number of anilines is 2. The van der Waals surface area contributed by atoms with Gasteiger partial charge < -0.3 is 31.6 Å². The standard InChI is InChI=1S/C14H20FN6O4P.C11H13FN5O5P.C3H9N/c1-7(2)20-26(22)23-5-9-11(25-26)14(3,15)10(24-9)8-4-17-13-12(16)18-6-19-21(8)13;1-11(12)7(21-6-3-20-23(18,19)22-8(6)11)5-2-14-10-9(13)15-4-16-17(5)10;1-3(2)4/h4,6-7,9-11H,5H2,1-3H3,(H,20,22)(H2,16,18,19);2,4,6-8H,3H2,1H3,(H,18,19)(H2,13,15,16);3H,4H2,1-2H3/t9-,10+,11-,14+,26?;6-,7+,8-,11+;/m11./s1. The van der Waals surface area contributed by atoms with Crippen LogP contribution in [0.1, 0.15) is 65.1 Å². The highest BCUT2D eigenvalue weighted by Crippen LogP contribution is 2.58. The van der Waals surface area contributed by atoms with Crippen LogP contribution in [-0.2, 0) is 36.7 Å². The predicted molar refractivity (Wildman–Crippen MR) is 181 cm³/mol. The summed E-state index contributed by atoms with van der Waals surface area (Å²) in [7, 11) is -7.90. The number of rotatable bonds is 4. The third-order valence-corrected chi connectivity index (χ3v) is 11.2. The van der Waals surface area contributed by atoms with Crippen LogP contribution in [0.2, 0.25) is 0 Å². The van der Waals surface area contributed by atoms with E-state index < -0.39 is 63.5 Å². The van der Waals surface area contributed by atoms with Crippen LogP contribution in [0.5, 0.6) is 0 Å². The first-order valence-electron chi connectivity index (χ1n) is 16.4. The average molecular weight is 791 g/mol. The minimum absolute atomic E-state index is 0.0501. The summed E-state index contributed by atoms with van der Waals surface area (Å²) < 4.78 is 89.8. The van der Waals surface area contributed by atoms with Crippen molar-refractivity contribution in [2.24, 2.45) is 5.73 Å². The molecule has 0 aromatic carbocycles. The van der Waals surface area contributed by atoms with E-state index in [1.165, 1.54) is 47.9 Å². The number of hydrogen-bond donors (Lipinski definition) is 5. The number of nitrogen functional groups attached to an aromatic ring is 2. The van der Waals surface area contributed by atoms with Crippen molar-refractivity contribution in [1.82, 2.24) is 44.3 Å². The number of ether oxygens (including phenoxy) is 2. The Morgan fingerprint density at radius 3 is 1.72 bits per heavy atom. The van der Waals surface area contributed by atoms with Crippen LogP contribution in [0, 0.1) is 0 Å². The summed E-state index contributed by atoms with van der Waals surface area (Å²) in [6.07, 6.45) is -0.737. The van der Waals surface area contributed by atoms with Crippen molar-refractivity contribution < 1.29 is 50.4 Å². The van der Waals surface area contributed by atoms with Crippen LogP contribution in [-0.4, -0.2) is 105 Å². The van der Waals surface area contributed by atoms with Gasteiger partial charge in [-0.1, -0.05) is 13.8 Å². The second-order valence-corrected chi connectivity index (χ2v) is 16.8. The fourth-order valence-corrected chi connectivity index (χ4v) is 9.07. The lowest BCUT2D eigenvalue weighted by molar-refractivity contribution is -0.0561. The number of nitrogens with two attached hydrogens (primary N) is 3. The molecule has 25 heteroatoms. The Bertz CT molecular complexity index is 2050. The SMILES string of the molecule is CC(C)N.CC(C)NP1(=O)OC[C@H]2O[C@@H](c3cnc4c(N)ncnn34)[C@](C)(F)[C@@H]2O1.C[C@@]1(F)[C@@H]2OP(=O)(O)OC[C@H]2O[C@H]1c1cnc2c(N)ncnn12. The lowest BCUT2D eigenvalue weighted by Crippen LogP contribution is -2.46. The van der Waals surface area contributed by atoms with Gasteiger partial charge in [0.05, 0.1) is 37.0 Å². The van der Waals surface area contributed by atoms with Crippen molar-refractivity contribution in [3.8, 4) is 0 Å². The van der Waals surface area contributed by atoms with E-state index in [2.05, 4.69) is 39.7 Å². The van der Waals surface area contributed by atoms with Crippen molar-refractivity contribution in [3.63, 3.8) is 0 Å². The van der Waals surface area contributed by atoms with E-state index >= 15 is 8.78 Å². The Labute approximate surface area is 301 Å². The summed E-state index contributed by atoms with van der Waals surface area (Å²) in [6.45, 7) is 9.76. The first-order valence-corrected chi connectivity index (χ1v) is 19.5. The number of nitrogens with one attached hydrogen (secondary N) is 1. The van der Waals surface area contributed by atoms with Gasteiger partial charge in [-0.2, -0.15) is 10.2 Å². The second kappa shape index (κ2) is 14.4. The molecule has 8 rings (SSSR count). The fraction of sp³-hybridized carbons (Fsp3) is 0.643. The molecule has 0 amide bonds. The van der Waals surface area contributed by atoms with Crippen LogP contribution >= 0.6 is 15.6 Å². The molecule has 8 N–H and O–H groups in total. The van der Waals surface area contributed by atoms with E-state index in [0.717, 1.165) is 0 Å². The summed E-state index contributed by atoms with van der Waals surface area (Å²) in [5, 5.41) is 10.8. The third-order valence-electron chi connectivity index (χ3n) is 8.41. The molecule has 53 heavy (non-hydrogen) atoms. The molecule has 4 aliphatic rings. The molecule has 4 aliphatic heterocycles. The summed E-state index contributed by atoms with van der Waals surface area (Å²) in [5.41, 5.74) is 13.7. The Kier molecular flexibility index (Phi) is 10.7. The summed E-state index contributed by atoms with van der Waals surface area (Å²) in [6, 6.07) is 0.180. The minimum Gasteiger partial charge on any atom is -0.381 e. The molecule has 292 valence electrons. The van der Waals surface area contributed by atoms with E-state index in [0.29, 0.717) is 23.1 Å². The number of halogens is 2. The second-order valence-electron chi connectivity index (χ2n) is 13.7. The summed E-state index contributed by atoms with van der Waals surface area (Å²) >= 11 is 0. The molecule has 0 aliphatic carbocycles. The van der Waals surface area contributed by atoms with E-state index in [4.69, 9.17) is 40.2 Å². The summed E-state index contributed by atoms with van der Waals surface area (Å²) in [5.74, 6) is 0.314.